The van der Waals surface area contributed by atoms with E-state index in [4.69, 9.17) is 9.72 Å². The van der Waals surface area contributed by atoms with Crippen LogP contribution in [0.4, 0.5) is 13.2 Å². The zero-order chi connectivity index (χ0) is 38.4. The van der Waals surface area contributed by atoms with Crippen LogP contribution in [0.1, 0.15) is 62.2 Å². The molecule has 0 spiro atoms. The molecule has 18 rings (SSSR count). The van der Waals surface area contributed by atoms with Gasteiger partial charge in [-0.2, -0.15) is 13.2 Å². The Kier molecular flexibility index (Phi) is 5.15. The number of halogens is 3. The number of alkyl halides is 3. The van der Waals surface area contributed by atoms with Gasteiger partial charge in [-0.1, -0.05) is 35.5 Å². The fourth-order valence-electron chi connectivity index (χ4n) is 26.2. The summed E-state index contributed by atoms with van der Waals surface area (Å²) in [7, 11) is 1.47. The molecule has 59 heavy (non-hydrogen) atoms. The fraction of sp³-hybridized carbons (Fsp3) is 0.788. The number of allylic oxidation sites excluding steroid dienone is 6. The van der Waals surface area contributed by atoms with E-state index >= 15 is 0 Å². The first-order valence-electron chi connectivity index (χ1n) is 24.8. The van der Waals surface area contributed by atoms with Gasteiger partial charge in [0, 0.05) is 17.5 Å². The normalized spacial score (nSPS) is 65.6. The molecule has 0 N–H and O–H groups in total. The molecule has 1 aromatic heterocycles. The first-order chi connectivity index (χ1) is 28.7. The first kappa shape index (κ1) is 32.3. The summed E-state index contributed by atoms with van der Waals surface area (Å²) < 4.78 is 49.7. The Morgan fingerprint density at radius 1 is 0.627 bits per heavy atom. The summed E-state index contributed by atoms with van der Waals surface area (Å²) in [6, 6.07) is 1.18. The van der Waals surface area contributed by atoms with Crippen LogP contribution in [-0.2, 0) is 21.1 Å². The SMILES string of the molecule is COC(=O)CCCC1(c2nc(C)cc(C(F)(F)F)n2)C2C3C4C=CC5C6C=CC7C8CCC9C%10CCC%11C%12C%10C%10C9C8C8C9C%13=C(C6C78)C5C4C4C%13C(C9%10)C%12C(C43)C%11C21. The van der Waals surface area contributed by atoms with Crippen LogP contribution in [0.25, 0.3) is 0 Å². The molecule has 17 aliphatic rings. The second-order valence-corrected chi connectivity index (χ2v) is 24.9. The summed E-state index contributed by atoms with van der Waals surface area (Å²) in [5, 5.41) is 0. The van der Waals surface area contributed by atoms with E-state index in [-0.39, 0.29) is 5.97 Å². The van der Waals surface area contributed by atoms with E-state index in [0.717, 1.165) is 112 Å². The van der Waals surface area contributed by atoms with Gasteiger partial charge in [-0.3, -0.25) is 4.79 Å². The monoisotopic (exact) mass is 796 g/mol. The molecule has 0 amide bonds. The van der Waals surface area contributed by atoms with Crippen LogP contribution in [-0.4, -0.2) is 23.0 Å². The van der Waals surface area contributed by atoms with Crippen molar-refractivity contribution in [3.05, 3.63) is 58.7 Å². The third-order valence-corrected chi connectivity index (χ3v) is 25.3. The van der Waals surface area contributed by atoms with Gasteiger partial charge in [-0.25, -0.2) is 9.97 Å². The third kappa shape index (κ3) is 2.95. The van der Waals surface area contributed by atoms with Crippen LogP contribution in [0.15, 0.2) is 41.5 Å². The number of fused-ring (bicyclic) bond motifs is 8. The van der Waals surface area contributed by atoms with E-state index < -0.39 is 17.3 Å². The average Bonchev–Trinajstić information content (AvgIpc) is 3.83. The molecule has 7 heteroatoms. The second kappa shape index (κ2) is 9.41. The van der Waals surface area contributed by atoms with E-state index in [1.165, 1.54) is 38.9 Å². The van der Waals surface area contributed by atoms with E-state index in [0.29, 0.717) is 95.9 Å². The quantitative estimate of drug-likeness (QED) is 0.221. The summed E-state index contributed by atoms with van der Waals surface area (Å²) in [5.74, 6) is 23.3. The maximum atomic E-state index is 14.8. The van der Waals surface area contributed by atoms with Crippen molar-refractivity contribution in [2.75, 3.05) is 7.11 Å². The molecule has 4 nitrogen and oxygen atoms in total. The van der Waals surface area contributed by atoms with E-state index in [2.05, 4.69) is 40.4 Å². The van der Waals surface area contributed by atoms with Gasteiger partial charge in [-0.15, -0.1) is 0 Å². The minimum absolute atomic E-state index is 0.213. The van der Waals surface area contributed by atoms with Gasteiger partial charge in [0.1, 0.15) is 11.5 Å². The molecule has 0 aromatic carbocycles. The molecule has 0 saturated heterocycles. The molecule has 0 aliphatic heterocycles. The number of carbonyl (C=O) groups is 1. The molecule has 13 saturated carbocycles. The van der Waals surface area contributed by atoms with Crippen molar-refractivity contribution in [3.63, 3.8) is 0 Å². The van der Waals surface area contributed by atoms with Crippen LogP contribution in [0.3, 0.4) is 0 Å². The van der Waals surface area contributed by atoms with Gasteiger partial charge in [0.25, 0.3) is 0 Å². The lowest BCUT2D eigenvalue weighted by Gasteiger charge is -2.61. The summed E-state index contributed by atoms with van der Waals surface area (Å²) in [4.78, 5) is 22.6. The van der Waals surface area contributed by atoms with Gasteiger partial charge in [0.2, 0.25) is 0 Å². The molecule has 306 valence electrons. The van der Waals surface area contributed by atoms with Gasteiger partial charge in [-0.05, 0) is 229 Å². The van der Waals surface area contributed by atoms with Crippen molar-refractivity contribution in [1.29, 1.82) is 0 Å². The average molecular weight is 797 g/mol. The number of carbonyl (C=O) groups excluding carboxylic acids is 1. The number of esters is 1. The van der Waals surface area contributed by atoms with Crippen molar-refractivity contribution in [1.82, 2.24) is 9.97 Å². The Hall–Kier alpha value is -2.44. The number of rotatable bonds is 5. The largest absolute Gasteiger partial charge is 0.469 e. The van der Waals surface area contributed by atoms with Crippen LogP contribution >= 0.6 is 0 Å². The number of hydrogen-bond donors (Lipinski definition) is 0. The van der Waals surface area contributed by atoms with Crippen molar-refractivity contribution in [2.24, 2.45) is 178 Å². The van der Waals surface area contributed by atoms with Crippen molar-refractivity contribution >= 4 is 5.97 Å². The Bertz CT molecular complexity index is 2370. The number of aryl methyl sites for hydroxylation is 1. The van der Waals surface area contributed by atoms with E-state index in [1.807, 2.05) is 0 Å². The van der Waals surface area contributed by atoms with Gasteiger partial charge >= 0.3 is 12.1 Å². The Labute approximate surface area is 344 Å². The number of nitrogens with zero attached hydrogens (tertiary/aromatic N) is 2. The predicted octanol–water partition coefficient (Wildman–Crippen LogP) is 9.07. The minimum atomic E-state index is -4.52. The highest BCUT2D eigenvalue weighted by Gasteiger charge is 2.90. The molecular weight excluding hydrogens is 742 g/mol. The highest BCUT2D eigenvalue weighted by atomic mass is 19.4. The van der Waals surface area contributed by atoms with Crippen molar-refractivity contribution < 1.29 is 22.7 Å². The molecule has 31 unspecified atom stereocenters. The molecule has 17 aliphatic carbocycles. The van der Waals surface area contributed by atoms with Crippen molar-refractivity contribution in [2.45, 2.75) is 63.5 Å². The van der Waals surface area contributed by atoms with E-state index in [1.54, 1.807) is 6.92 Å². The fourth-order valence-corrected chi connectivity index (χ4v) is 26.2. The Balaban J connectivity index is 0.917. The lowest BCUT2D eigenvalue weighted by molar-refractivity contribution is -0.147. The molecule has 1 aromatic rings. The molecule has 13 fully saturated rings. The van der Waals surface area contributed by atoms with E-state index in [9.17, 15) is 18.0 Å². The summed E-state index contributed by atoms with van der Waals surface area (Å²) in [6.45, 7) is 1.76. The molecule has 0 radical (unpaired) electrons. The summed E-state index contributed by atoms with van der Waals surface area (Å²) in [6.07, 6.45) is 14.1. The van der Waals surface area contributed by atoms with Gasteiger partial charge < -0.3 is 4.74 Å². The highest BCUT2D eigenvalue weighted by molar-refractivity contribution is 5.69. The highest BCUT2D eigenvalue weighted by Crippen LogP contribution is 2.94. The standard InChI is InChI=1S/C52H55F3N2O2/c1-15-14-24(52(53,54)55)57-50(56-15)51(13-3-4-25(58)59-2)48-34-22-11-9-20-18-7-5-16-17-6-8-19-21-10-12-23-33-31(21)38-29(19)27(17)36-26(16)28(18)37-30(20)32(22)39-41(34)42(35(23)49(48)51)40(33)47-45(38)43(36)44(37)46(39)47/h5,7,9,11,14,16-23,26-36,38-43,45-49H,3-4,6,8,10,12-13H2,1-2H3. The minimum Gasteiger partial charge on any atom is -0.469 e. The van der Waals surface area contributed by atoms with Crippen LogP contribution in [0, 0.1) is 184 Å². The summed E-state index contributed by atoms with van der Waals surface area (Å²) >= 11 is 0. The predicted molar refractivity (Wildman–Crippen MR) is 208 cm³/mol. The second-order valence-electron chi connectivity index (χ2n) is 24.9. The molecular formula is C52H55F3N2O2. The smallest absolute Gasteiger partial charge is 0.433 e. The maximum Gasteiger partial charge on any atom is 0.433 e. The van der Waals surface area contributed by atoms with Gasteiger partial charge in [0.15, 0.2) is 0 Å². The summed E-state index contributed by atoms with van der Waals surface area (Å²) in [5.41, 5.74) is 3.39. The number of methoxy groups -OCH3 is 1. The molecule has 0 bridgehead atoms. The molecule has 1 heterocycles. The Morgan fingerprint density at radius 3 is 1.88 bits per heavy atom. The lowest BCUT2D eigenvalue weighted by atomic mass is 9.43. The maximum absolute atomic E-state index is 14.8. The Morgan fingerprint density at radius 2 is 1.15 bits per heavy atom. The van der Waals surface area contributed by atoms with Gasteiger partial charge in [0.05, 0.1) is 7.11 Å². The van der Waals surface area contributed by atoms with Crippen molar-refractivity contribution in [3.8, 4) is 0 Å². The first-order valence-corrected chi connectivity index (χ1v) is 24.8. The lowest BCUT2D eigenvalue weighted by Crippen LogP contribution is -2.58. The zero-order valence-electron chi connectivity index (χ0n) is 34.0. The number of ether oxygens (including phenoxy) is 1. The third-order valence-electron chi connectivity index (χ3n) is 25.3. The van der Waals surface area contributed by atoms with Crippen LogP contribution in [0.2, 0.25) is 0 Å². The van der Waals surface area contributed by atoms with Crippen LogP contribution < -0.4 is 0 Å². The zero-order valence-corrected chi connectivity index (χ0v) is 34.0. The molecule has 31 atom stereocenters. The number of aromatic nitrogens is 2. The topological polar surface area (TPSA) is 52.1 Å². The number of hydrogen-bond acceptors (Lipinski definition) is 4. The van der Waals surface area contributed by atoms with Crippen LogP contribution in [0.5, 0.6) is 0 Å².